The van der Waals surface area contributed by atoms with Gasteiger partial charge < -0.3 is 0 Å². The minimum Gasteiger partial charge on any atom is -0.295 e. The lowest BCUT2D eigenvalue weighted by atomic mass is 10.2. The molecule has 0 aliphatic heterocycles. The number of allylic oxidation sites excluding steroid dienone is 1. The van der Waals surface area contributed by atoms with E-state index >= 15 is 0 Å². The Kier molecular flexibility index (Phi) is 5.19. The summed E-state index contributed by atoms with van der Waals surface area (Å²) in [6.45, 7) is 3.73. The Labute approximate surface area is 95.6 Å². The van der Waals surface area contributed by atoms with Gasteiger partial charge in [-0.05, 0) is 30.7 Å². The molecule has 2 heteroatoms. The first-order chi connectivity index (χ1) is 7.24. The van der Waals surface area contributed by atoms with Crippen molar-refractivity contribution in [2.24, 2.45) is 0 Å². The van der Waals surface area contributed by atoms with Crippen LogP contribution in [0, 0.1) is 0 Å². The van der Waals surface area contributed by atoms with Crippen molar-refractivity contribution in [3.8, 4) is 0 Å². The average molecular weight is 220 g/mol. The first-order valence-corrected chi connectivity index (χ1v) is 6.13. The van der Waals surface area contributed by atoms with Crippen molar-refractivity contribution < 1.29 is 4.79 Å². The Balaban J connectivity index is 2.86. The number of hydrogen-bond acceptors (Lipinski definition) is 2. The van der Waals surface area contributed by atoms with Gasteiger partial charge in [-0.2, -0.15) is 0 Å². The van der Waals surface area contributed by atoms with Crippen molar-refractivity contribution in [3.05, 3.63) is 42.0 Å². The Hall–Kier alpha value is -1.02. The van der Waals surface area contributed by atoms with Crippen molar-refractivity contribution in [1.82, 2.24) is 0 Å². The minimum absolute atomic E-state index is 0.109. The van der Waals surface area contributed by atoms with Gasteiger partial charge in [-0.1, -0.05) is 37.3 Å². The van der Waals surface area contributed by atoms with E-state index in [1.54, 1.807) is 24.8 Å². The standard InChI is InChI=1S/C13H16OS/c1-3-9-15-13(10-11(2)14)12-7-5-4-6-8-12/h4-8,10H,3,9H2,1-2H3/b13-10+. The Morgan fingerprint density at radius 2 is 2.00 bits per heavy atom. The second-order valence-corrected chi connectivity index (χ2v) is 4.47. The molecule has 1 rings (SSSR count). The van der Waals surface area contributed by atoms with Gasteiger partial charge in [-0.25, -0.2) is 0 Å². The van der Waals surface area contributed by atoms with Crippen LogP contribution in [0.4, 0.5) is 0 Å². The highest BCUT2D eigenvalue weighted by Crippen LogP contribution is 2.27. The lowest BCUT2D eigenvalue weighted by molar-refractivity contribution is -0.112. The lowest BCUT2D eigenvalue weighted by Gasteiger charge is -2.05. The maximum absolute atomic E-state index is 11.1. The van der Waals surface area contributed by atoms with Crippen LogP contribution in [-0.2, 0) is 4.79 Å². The highest BCUT2D eigenvalue weighted by molar-refractivity contribution is 8.08. The van der Waals surface area contributed by atoms with E-state index in [2.05, 4.69) is 6.92 Å². The van der Waals surface area contributed by atoms with E-state index in [0.717, 1.165) is 22.6 Å². The fraction of sp³-hybridized carbons (Fsp3) is 0.308. The first-order valence-electron chi connectivity index (χ1n) is 5.14. The average Bonchev–Trinajstić information content (AvgIpc) is 2.25. The third kappa shape index (κ3) is 4.34. The van der Waals surface area contributed by atoms with Gasteiger partial charge in [0, 0.05) is 4.91 Å². The predicted octanol–water partition coefficient (Wildman–Crippen LogP) is 3.76. The maximum atomic E-state index is 11.1. The van der Waals surface area contributed by atoms with Crippen LogP contribution in [0.3, 0.4) is 0 Å². The van der Waals surface area contributed by atoms with Crippen LogP contribution in [0.2, 0.25) is 0 Å². The molecule has 0 spiro atoms. The van der Waals surface area contributed by atoms with Crippen molar-refractivity contribution in [2.45, 2.75) is 20.3 Å². The number of hydrogen-bond donors (Lipinski definition) is 0. The van der Waals surface area contributed by atoms with E-state index in [4.69, 9.17) is 0 Å². The Bertz CT molecular complexity index is 341. The molecule has 1 aromatic rings. The van der Waals surface area contributed by atoms with Crippen molar-refractivity contribution >= 4 is 22.5 Å². The van der Waals surface area contributed by atoms with E-state index in [1.807, 2.05) is 30.3 Å². The fourth-order valence-electron chi connectivity index (χ4n) is 1.21. The monoisotopic (exact) mass is 220 g/mol. The van der Waals surface area contributed by atoms with E-state index < -0.39 is 0 Å². The molecule has 0 saturated carbocycles. The maximum Gasteiger partial charge on any atom is 0.153 e. The molecule has 15 heavy (non-hydrogen) atoms. The van der Waals surface area contributed by atoms with Gasteiger partial charge in [0.15, 0.2) is 5.78 Å². The molecule has 0 atom stereocenters. The number of ketones is 1. The zero-order chi connectivity index (χ0) is 11.1. The van der Waals surface area contributed by atoms with Crippen LogP contribution in [0.5, 0.6) is 0 Å². The molecular formula is C13H16OS. The summed E-state index contributed by atoms with van der Waals surface area (Å²) in [4.78, 5) is 12.2. The molecule has 80 valence electrons. The summed E-state index contributed by atoms with van der Waals surface area (Å²) in [5.41, 5.74) is 1.13. The van der Waals surface area contributed by atoms with Gasteiger partial charge >= 0.3 is 0 Å². The Morgan fingerprint density at radius 1 is 1.33 bits per heavy atom. The predicted molar refractivity (Wildman–Crippen MR) is 67.8 cm³/mol. The van der Waals surface area contributed by atoms with Crippen molar-refractivity contribution in [3.63, 3.8) is 0 Å². The number of benzene rings is 1. The highest BCUT2D eigenvalue weighted by Gasteiger charge is 2.02. The summed E-state index contributed by atoms with van der Waals surface area (Å²) in [6, 6.07) is 10.1. The second-order valence-electron chi connectivity index (χ2n) is 3.33. The molecule has 0 N–H and O–H groups in total. The molecular weight excluding hydrogens is 204 g/mol. The van der Waals surface area contributed by atoms with Gasteiger partial charge in [0.05, 0.1) is 0 Å². The zero-order valence-electron chi connectivity index (χ0n) is 9.19. The van der Waals surface area contributed by atoms with Gasteiger partial charge in [-0.15, -0.1) is 11.8 Å². The quantitative estimate of drug-likeness (QED) is 0.703. The summed E-state index contributed by atoms with van der Waals surface area (Å²) in [5, 5.41) is 0. The molecule has 0 heterocycles. The van der Waals surface area contributed by atoms with Crippen molar-refractivity contribution in [2.75, 3.05) is 5.75 Å². The lowest BCUT2D eigenvalue weighted by Crippen LogP contribution is -1.88. The molecule has 1 nitrogen and oxygen atoms in total. The van der Waals surface area contributed by atoms with E-state index in [-0.39, 0.29) is 5.78 Å². The number of carbonyl (C=O) groups excluding carboxylic acids is 1. The van der Waals surface area contributed by atoms with E-state index in [0.29, 0.717) is 0 Å². The largest absolute Gasteiger partial charge is 0.295 e. The van der Waals surface area contributed by atoms with Crippen LogP contribution >= 0.6 is 11.8 Å². The summed E-state index contributed by atoms with van der Waals surface area (Å²) >= 11 is 1.74. The smallest absolute Gasteiger partial charge is 0.153 e. The molecule has 0 aromatic heterocycles. The SMILES string of the molecule is CCCS/C(=C/C(C)=O)c1ccccc1. The third-order valence-electron chi connectivity index (χ3n) is 1.85. The summed E-state index contributed by atoms with van der Waals surface area (Å²) in [7, 11) is 0. The van der Waals surface area contributed by atoms with Gasteiger partial charge in [0.1, 0.15) is 0 Å². The van der Waals surface area contributed by atoms with E-state index in [9.17, 15) is 4.79 Å². The van der Waals surface area contributed by atoms with Crippen LogP contribution in [0.25, 0.3) is 4.91 Å². The molecule has 0 fully saturated rings. The van der Waals surface area contributed by atoms with Gasteiger partial charge in [0.25, 0.3) is 0 Å². The molecule has 0 aliphatic rings. The van der Waals surface area contributed by atoms with Crippen LogP contribution in [-0.4, -0.2) is 11.5 Å². The normalized spacial score (nSPS) is 11.5. The summed E-state index contributed by atoms with van der Waals surface area (Å²) in [5.74, 6) is 1.16. The fourth-order valence-corrected chi connectivity index (χ4v) is 2.18. The van der Waals surface area contributed by atoms with Gasteiger partial charge in [0.2, 0.25) is 0 Å². The molecule has 1 aromatic carbocycles. The van der Waals surface area contributed by atoms with Crippen LogP contribution in [0.15, 0.2) is 36.4 Å². The number of rotatable bonds is 5. The Morgan fingerprint density at radius 3 is 2.53 bits per heavy atom. The van der Waals surface area contributed by atoms with Crippen LogP contribution < -0.4 is 0 Å². The second kappa shape index (κ2) is 6.46. The summed E-state index contributed by atoms with van der Waals surface area (Å²) < 4.78 is 0. The molecule has 0 aliphatic carbocycles. The van der Waals surface area contributed by atoms with E-state index in [1.165, 1.54) is 0 Å². The molecule has 0 bridgehead atoms. The summed E-state index contributed by atoms with van der Waals surface area (Å²) in [6.07, 6.45) is 2.84. The molecule has 0 radical (unpaired) electrons. The number of thioether (sulfide) groups is 1. The third-order valence-corrected chi connectivity index (χ3v) is 3.13. The number of carbonyl (C=O) groups is 1. The molecule has 0 saturated heterocycles. The highest BCUT2D eigenvalue weighted by atomic mass is 32.2. The zero-order valence-corrected chi connectivity index (χ0v) is 10.0. The first kappa shape index (κ1) is 12.1. The van der Waals surface area contributed by atoms with Crippen molar-refractivity contribution in [1.29, 1.82) is 0 Å². The molecule has 0 amide bonds. The minimum atomic E-state index is 0.109. The van der Waals surface area contributed by atoms with Crippen LogP contribution in [0.1, 0.15) is 25.8 Å². The topological polar surface area (TPSA) is 17.1 Å². The molecule has 0 unspecified atom stereocenters. The van der Waals surface area contributed by atoms with Gasteiger partial charge in [-0.3, -0.25) is 4.79 Å².